The number of ether oxygens (including phenoxy) is 1. The zero-order valence-corrected chi connectivity index (χ0v) is 28.6. The van der Waals surface area contributed by atoms with Gasteiger partial charge in [-0.25, -0.2) is 0 Å². The number of likely N-dealkylation sites (tertiary alicyclic amines) is 1. The third-order valence-corrected chi connectivity index (χ3v) is 13.8. The Labute approximate surface area is 271 Å². The summed E-state index contributed by atoms with van der Waals surface area (Å²) in [5.41, 5.74) is 4.14. The van der Waals surface area contributed by atoms with Crippen molar-refractivity contribution in [2.24, 2.45) is 39.7 Å². The molecule has 3 saturated carbocycles. The Morgan fingerprint density at radius 3 is 2.60 bits per heavy atom. The average Bonchev–Trinajstić information content (AvgIpc) is 3.33. The van der Waals surface area contributed by atoms with Gasteiger partial charge in [0.1, 0.15) is 5.75 Å². The van der Waals surface area contributed by atoms with E-state index in [0.717, 1.165) is 68.9 Å². The van der Waals surface area contributed by atoms with Crippen molar-refractivity contribution in [3.05, 3.63) is 41.5 Å². The molecule has 0 radical (unpaired) electrons. The summed E-state index contributed by atoms with van der Waals surface area (Å²) < 4.78 is 5.42. The molecule has 1 heterocycles. The molecular weight excluding hydrogens is 562 g/mol. The van der Waals surface area contributed by atoms with Crippen LogP contribution in [0.3, 0.4) is 0 Å². The second-order valence-electron chi connectivity index (χ2n) is 15.9. The van der Waals surface area contributed by atoms with Crippen LogP contribution in [0.25, 0.3) is 0 Å². The molecule has 9 atom stereocenters. The highest BCUT2D eigenvalue weighted by Crippen LogP contribution is 2.65. The van der Waals surface area contributed by atoms with Gasteiger partial charge in [-0.3, -0.25) is 4.79 Å². The molecular formula is C38H57N3O4. The Morgan fingerprint density at radius 1 is 1.07 bits per heavy atom. The second-order valence-corrected chi connectivity index (χ2v) is 15.9. The number of carbonyl (C=O) groups excluding carboxylic acids is 1. The number of aliphatic hydroxyl groups excluding tert-OH is 1. The summed E-state index contributed by atoms with van der Waals surface area (Å²) in [7, 11) is 3.91. The molecule has 7 heteroatoms. The molecule has 0 unspecified atom stereocenters. The number of fused-ring (bicyclic) bond motifs is 5. The molecule has 1 saturated heterocycles. The van der Waals surface area contributed by atoms with E-state index in [0.29, 0.717) is 30.3 Å². The molecule has 45 heavy (non-hydrogen) atoms. The van der Waals surface area contributed by atoms with Crippen LogP contribution in [0.1, 0.15) is 97.5 Å². The van der Waals surface area contributed by atoms with Crippen molar-refractivity contribution >= 4 is 11.6 Å². The van der Waals surface area contributed by atoms with Crippen LogP contribution in [0.5, 0.6) is 5.75 Å². The number of amides is 1. The highest BCUT2D eigenvalue weighted by atomic mass is 16.6. The van der Waals surface area contributed by atoms with Gasteiger partial charge in [0.15, 0.2) is 6.61 Å². The number of piperidine rings is 1. The maximum Gasteiger partial charge on any atom is 0.260 e. The summed E-state index contributed by atoms with van der Waals surface area (Å²) >= 11 is 0. The van der Waals surface area contributed by atoms with Crippen molar-refractivity contribution in [3.63, 3.8) is 0 Å². The fourth-order valence-corrected chi connectivity index (χ4v) is 10.8. The molecule has 1 aromatic carbocycles. The van der Waals surface area contributed by atoms with E-state index >= 15 is 0 Å². The van der Waals surface area contributed by atoms with Crippen molar-refractivity contribution in [2.75, 3.05) is 33.9 Å². The first-order valence-electron chi connectivity index (χ1n) is 17.7. The van der Waals surface area contributed by atoms with Crippen LogP contribution in [-0.2, 0) is 15.0 Å². The SMILES string of the molecule is COc1ccc([C@]2(CCNC(=O)CO/N=C3/C=C4CC[C@H]5[C@@H]6CC[C@@H](O)[C@@]6(C)CC[C@@H]5[C@@]4(C)CC3)C[C@@H](C)N(C)C[C@H]2C)cc1. The topological polar surface area (TPSA) is 83.4 Å². The minimum atomic E-state index is -0.122. The predicted octanol–water partition coefficient (Wildman–Crippen LogP) is 6.50. The van der Waals surface area contributed by atoms with Gasteiger partial charge in [-0.05, 0) is 136 Å². The smallest absolute Gasteiger partial charge is 0.260 e. The number of hydrogen-bond donors (Lipinski definition) is 2. The van der Waals surface area contributed by atoms with Crippen molar-refractivity contribution in [3.8, 4) is 5.75 Å². The van der Waals surface area contributed by atoms with Gasteiger partial charge in [-0.15, -0.1) is 0 Å². The Balaban J connectivity index is 1.04. The number of nitrogens with one attached hydrogen (secondary N) is 1. The van der Waals surface area contributed by atoms with Crippen LogP contribution in [0.15, 0.2) is 41.1 Å². The quantitative estimate of drug-likeness (QED) is 0.325. The van der Waals surface area contributed by atoms with Gasteiger partial charge in [0, 0.05) is 24.5 Å². The van der Waals surface area contributed by atoms with Crippen LogP contribution in [0, 0.1) is 34.5 Å². The number of nitrogens with zero attached hydrogens (tertiary/aromatic N) is 2. The molecule has 1 amide bonds. The highest BCUT2D eigenvalue weighted by molar-refractivity contribution is 5.96. The molecule has 5 aliphatic rings. The predicted molar refractivity (Wildman–Crippen MR) is 179 cm³/mol. The molecule has 248 valence electrons. The number of rotatable bonds is 8. The minimum absolute atomic E-state index is 0.0129. The lowest BCUT2D eigenvalue weighted by molar-refractivity contribution is -0.125. The third kappa shape index (κ3) is 5.86. The number of carbonyl (C=O) groups is 1. The summed E-state index contributed by atoms with van der Waals surface area (Å²) in [4.78, 5) is 21.0. The van der Waals surface area contributed by atoms with E-state index in [1.807, 2.05) is 0 Å². The Bertz CT molecular complexity index is 1290. The largest absolute Gasteiger partial charge is 0.497 e. The molecule has 0 bridgehead atoms. The summed E-state index contributed by atoms with van der Waals surface area (Å²) in [6.45, 7) is 11.1. The lowest BCUT2D eigenvalue weighted by atomic mass is 9.47. The Hall–Kier alpha value is -2.38. The number of aliphatic hydroxyl groups is 1. The Morgan fingerprint density at radius 2 is 1.84 bits per heavy atom. The number of benzene rings is 1. The maximum atomic E-state index is 12.9. The summed E-state index contributed by atoms with van der Waals surface area (Å²) in [6.07, 6.45) is 13.0. The fourth-order valence-electron chi connectivity index (χ4n) is 10.8. The molecule has 7 nitrogen and oxygen atoms in total. The first-order valence-corrected chi connectivity index (χ1v) is 17.7. The third-order valence-electron chi connectivity index (χ3n) is 13.8. The minimum Gasteiger partial charge on any atom is -0.497 e. The van der Waals surface area contributed by atoms with Gasteiger partial charge in [0.2, 0.25) is 0 Å². The van der Waals surface area contributed by atoms with Gasteiger partial charge < -0.3 is 24.9 Å². The van der Waals surface area contributed by atoms with E-state index in [1.165, 1.54) is 30.4 Å². The summed E-state index contributed by atoms with van der Waals surface area (Å²) in [6, 6.07) is 8.98. The second kappa shape index (κ2) is 12.7. The average molecular weight is 620 g/mol. The van der Waals surface area contributed by atoms with Gasteiger partial charge in [-0.1, -0.05) is 43.6 Å². The number of oxime groups is 1. The lowest BCUT2D eigenvalue weighted by Gasteiger charge is -2.57. The molecule has 4 fully saturated rings. The van der Waals surface area contributed by atoms with Crippen LogP contribution < -0.4 is 10.1 Å². The zero-order chi connectivity index (χ0) is 32.0. The van der Waals surface area contributed by atoms with Crippen LogP contribution in [-0.4, -0.2) is 67.6 Å². The molecule has 0 spiro atoms. The molecule has 0 aromatic heterocycles. The normalized spacial score (nSPS) is 40.6. The lowest BCUT2D eigenvalue weighted by Crippen LogP contribution is -2.52. The van der Waals surface area contributed by atoms with E-state index in [4.69, 9.17) is 9.57 Å². The van der Waals surface area contributed by atoms with E-state index in [9.17, 15) is 9.90 Å². The summed E-state index contributed by atoms with van der Waals surface area (Å²) in [5, 5.41) is 18.4. The fraction of sp³-hybridized carbons (Fsp3) is 0.737. The van der Waals surface area contributed by atoms with Gasteiger partial charge in [0.05, 0.1) is 18.9 Å². The molecule has 1 aliphatic heterocycles. The Kier molecular flexibility index (Phi) is 9.17. The van der Waals surface area contributed by atoms with E-state index in [1.54, 1.807) is 7.11 Å². The van der Waals surface area contributed by atoms with Gasteiger partial charge >= 0.3 is 0 Å². The zero-order valence-electron chi connectivity index (χ0n) is 28.6. The maximum absolute atomic E-state index is 12.9. The molecule has 1 aromatic rings. The molecule has 4 aliphatic carbocycles. The van der Waals surface area contributed by atoms with E-state index in [2.05, 4.69) is 80.5 Å². The monoisotopic (exact) mass is 619 g/mol. The first kappa shape index (κ1) is 32.6. The summed E-state index contributed by atoms with van der Waals surface area (Å²) in [5.74, 6) is 3.30. The first-order chi connectivity index (χ1) is 21.5. The highest BCUT2D eigenvalue weighted by Gasteiger charge is 2.58. The van der Waals surface area contributed by atoms with Crippen LogP contribution >= 0.6 is 0 Å². The number of allylic oxidation sites excluding steroid dienone is 2. The van der Waals surface area contributed by atoms with Crippen molar-refractivity contribution in [2.45, 2.75) is 109 Å². The van der Waals surface area contributed by atoms with Crippen LogP contribution in [0.4, 0.5) is 0 Å². The van der Waals surface area contributed by atoms with Crippen molar-refractivity contribution in [1.82, 2.24) is 10.2 Å². The molecule has 6 rings (SSSR count). The molecule has 2 N–H and O–H groups in total. The number of hydrogen-bond acceptors (Lipinski definition) is 6. The van der Waals surface area contributed by atoms with E-state index in [-0.39, 0.29) is 34.9 Å². The number of methoxy groups -OCH3 is 1. The van der Waals surface area contributed by atoms with Gasteiger partial charge in [-0.2, -0.15) is 0 Å². The van der Waals surface area contributed by atoms with E-state index < -0.39 is 0 Å². The van der Waals surface area contributed by atoms with Crippen molar-refractivity contribution in [1.29, 1.82) is 0 Å². The van der Waals surface area contributed by atoms with Crippen molar-refractivity contribution < 1.29 is 19.5 Å². The van der Waals surface area contributed by atoms with Crippen LogP contribution in [0.2, 0.25) is 0 Å². The standard InChI is InChI=1S/C38H57N3O4/c1-25-23-41(5)26(2)22-38(25,27-7-10-30(44-6)11-8-27)19-20-39-35(43)24-45-40-29-15-17-36(3)28(21-29)9-12-31-32-13-14-34(42)37(32,4)18-16-33(31)36/h7-8,10-11,21,25-26,31-34,42H,9,12-20,22-24H2,1-6H3,(H,39,43)/b40-29+/t25-,26-,31+,32+,33+,34-,36+,37+,38-/m1/s1. The van der Waals surface area contributed by atoms with Gasteiger partial charge in [0.25, 0.3) is 5.91 Å².